The minimum Gasteiger partial charge on any atom is -0.494 e. The van der Waals surface area contributed by atoms with Crippen molar-refractivity contribution in [3.63, 3.8) is 0 Å². The molecule has 158 valence electrons. The zero-order valence-corrected chi connectivity index (χ0v) is 17.6. The van der Waals surface area contributed by atoms with Gasteiger partial charge in [0.15, 0.2) is 0 Å². The van der Waals surface area contributed by atoms with Crippen LogP contribution in [0.3, 0.4) is 0 Å². The van der Waals surface area contributed by atoms with Crippen LogP contribution in [0, 0.1) is 11.3 Å². The first-order valence-electron chi connectivity index (χ1n) is 10.5. The summed E-state index contributed by atoms with van der Waals surface area (Å²) in [6.07, 6.45) is 2.82. The van der Waals surface area contributed by atoms with Crippen LogP contribution in [-0.4, -0.2) is 41.8 Å². The van der Waals surface area contributed by atoms with Gasteiger partial charge in [0.25, 0.3) is 0 Å². The zero-order valence-electron chi connectivity index (χ0n) is 17.6. The zero-order chi connectivity index (χ0) is 21.5. The molecule has 0 aliphatic heterocycles. The van der Waals surface area contributed by atoms with E-state index in [0.29, 0.717) is 24.8 Å². The molecule has 2 N–H and O–H groups in total. The van der Waals surface area contributed by atoms with Gasteiger partial charge in [0.1, 0.15) is 5.75 Å². The van der Waals surface area contributed by atoms with Gasteiger partial charge in [-0.1, -0.05) is 18.2 Å². The van der Waals surface area contributed by atoms with E-state index in [2.05, 4.69) is 17.5 Å². The third-order valence-electron chi connectivity index (χ3n) is 5.84. The molecule has 1 aliphatic rings. The predicted molar refractivity (Wildman–Crippen MR) is 116 cm³/mol. The monoisotopic (exact) mass is 407 g/mol. The molecule has 0 bridgehead atoms. The molecular weight excluding hydrogens is 378 g/mol. The lowest BCUT2D eigenvalue weighted by atomic mass is 9.90. The van der Waals surface area contributed by atoms with Crippen molar-refractivity contribution >= 4 is 6.09 Å². The quantitative estimate of drug-likeness (QED) is 0.699. The fourth-order valence-corrected chi connectivity index (χ4v) is 4.01. The van der Waals surface area contributed by atoms with Gasteiger partial charge in [0, 0.05) is 31.2 Å². The molecule has 1 aliphatic carbocycles. The molecule has 1 amide bonds. The highest BCUT2D eigenvalue weighted by atomic mass is 16.5. The first-order chi connectivity index (χ1) is 14.5. The van der Waals surface area contributed by atoms with Gasteiger partial charge in [0.2, 0.25) is 0 Å². The summed E-state index contributed by atoms with van der Waals surface area (Å²) in [5, 5.41) is 21.8. The number of nitrogens with zero attached hydrogens (tertiary/aromatic N) is 2. The molecule has 6 nitrogen and oxygen atoms in total. The molecule has 0 atom stereocenters. The third kappa shape index (κ3) is 5.31. The van der Waals surface area contributed by atoms with Crippen LogP contribution < -0.4 is 10.1 Å². The van der Waals surface area contributed by atoms with Gasteiger partial charge >= 0.3 is 6.09 Å². The van der Waals surface area contributed by atoms with Gasteiger partial charge in [-0.15, -0.1) is 0 Å². The number of carboxylic acid groups (broad SMARTS) is 1. The molecule has 1 saturated carbocycles. The fraction of sp³-hybridized carbons (Fsp3) is 0.417. The van der Waals surface area contributed by atoms with Crippen molar-refractivity contribution < 1.29 is 14.6 Å². The molecular formula is C24H29N3O3. The first-order valence-corrected chi connectivity index (χ1v) is 10.5. The number of amides is 1. The fourth-order valence-electron chi connectivity index (χ4n) is 4.01. The average molecular weight is 408 g/mol. The smallest absolute Gasteiger partial charge is 0.407 e. The second-order valence-corrected chi connectivity index (χ2v) is 7.72. The van der Waals surface area contributed by atoms with E-state index in [0.717, 1.165) is 48.1 Å². The van der Waals surface area contributed by atoms with Crippen LogP contribution in [0.15, 0.2) is 42.5 Å². The molecule has 0 radical (unpaired) electrons. The molecule has 3 rings (SSSR count). The summed E-state index contributed by atoms with van der Waals surface area (Å²) in [5.41, 5.74) is 3.90. The minimum atomic E-state index is -0.854. The molecule has 0 saturated heterocycles. The maximum atomic E-state index is 11.2. The molecule has 1 fully saturated rings. The molecule has 0 heterocycles. The van der Waals surface area contributed by atoms with E-state index < -0.39 is 6.09 Å². The molecule has 6 heteroatoms. The summed E-state index contributed by atoms with van der Waals surface area (Å²) in [6.45, 7) is 3.28. The lowest BCUT2D eigenvalue weighted by Crippen LogP contribution is -2.42. The van der Waals surface area contributed by atoms with E-state index in [4.69, 9.17) is 15.1 Å². The van der Waals surface area contributed by atoms with Crippen molar-refractivity contribution in [2.45, 2.75) is 51.2 Å². The van der Waals surface area contributed by atoms with E-state index in [1.807, 2.05) is 43.3 Å². The van der Waals surface area contributed by atoms with Crippen molar-refractivity contribution in [1.29, 1.82) is 5.26 Å². The van der Waals surface area contributed by atoms with E-state index in [-0.39, 0.29) is 6.04 Å². The van der Waals surface area contributed by atoms with Crippen molar-refractivity contribution in [2.24, 2.45) is 0 Å². The highest BCUT2D eigenvalue weighted by Gasteiger charge is 2.26. The van der Waals surface area contributed by atoms with Crippen molar-refractivity contribution in [3.05, 3.63) is 53.6 Å². The van der Waals surface area contributed by atoms with Gasteiger partial charge in [-0.2, -0.15) is 5.26 Å². The van der Waals surface area contributed by atoms with Gasteiger partial charge in [-0.25, -0.2) is 4.79 Å². The molecule has 2 aromatic rings. The van der Waals surface area contributed by atoms with Crippen molar-refractivity contribution in [1.82, 2.24) is 10.2 Å². The average Bonchev–Trinajstić information content (AvgIpc) is 2.78. The highest BCUT2D eigenvalue weighted by Crippen LogP contribution is 2.28. The van der Waals surface area contributed by atoms with E-state index in [1.54, 1.807) is 7.05 Å². The van der Waals surface area contributed by atoms with E-state index in [9.17, 15) is 4.79 Å². The Balaban J connectivity index is 1.67. The van der Waals surface area contributed by atoms with Crippen LogP contribution in [0.1, 0.15) is 43.7 Å². The van der Waals surface area contributed by atoms with Crippen LogP contribution in [0.25, 0.3) is 11.1 Å². The van der Waals surface area contributed by atoms with Gasteiger partial charge in [0.05, 0.1) is 18.2 Å². The maximum Gasteiger partial charge on any atom is 0.407 e. The molecule has 30 heavy (non-hydrogen) atoms. The Hall–Kier alpha value is -3.04. The van der Waals surface area contributed by atoms with E-state index >= 15 is 0 Å². The number of ether oxygens (including phenoxy) is 1. The number of benzene rings is 2. The van der Waals surface area contributed by atoms with E-state index in [1.165, 1.54) is 4.90 Å². The summed E-state index contributed by atoms with van der Waals surface area (Å²) in [4.78, 5) is 12.6. The van der Waals surface area contributed by atoms with Crippen LogP contribution in [0.4, 0.5) is 4.79 Å². The topological polar surface area (TPSA) is 85.6 Å². The Morgan fingerprint density at radius 3 is 2.43 bits per heavy atom. The standard InChI is InChI=1S/C24H29N3O3/c1-3-30-23-13-8-19(18-6-4-17(15-25)5-7-18)14-20(23)16-26-21-9-11-22(12-10-21)27(2)24(28)29/h4-8,13-14,21-22,26H,3,9-12,16H2,1-2H3,(H,28,29). The number of rotatable bonds is 7. The Bertz CT molecular complexity index is 897. The second kappa shape index (κ2) is 10.1. The summed E-state index contributed by atoms with van der Waals surface area (Å²) in [7, 11) is 1.66. The first kappa shape index (κ1) is 21.7. The largest absolute Gasteiger partial charge is 0.494 e. The summed E-state index contributed by atoms with van der Waals surface area (Å²) in [5.74, 6) is 0.877. The Labute approximate surface area is 178 Å². The molecule has 0 unspecified atom stereocenters. The number of nitrogens with one attached hydrogen (secondary N) is 1. The van der Waals surface area contributed by atoms with Gasteiger partial charge in [-0.05, 0) is 68.0 Å². The van der Waals surface area contributed by atoms with Gasteiger partial charge < -0.3 is 20.1 Å². The van der Waals surface area contributed by atoms with Gasteiger partial charge in [-0.3, -0.25) is 0 Å². The molecule has 0 aromatic heterocycles. The molecule has 2 aromatic carbocycles. The van der Waals surface area contributed by atoms with Crippen LogP contribution in [0.2, 0.25) is 0 Å². The Morgan fingerprint density at radius 1 is 1.17 bits per heavy atom. The lowest BCUT2D eigenvalue weighted by molar-refractivity contribution is 0.122. The number of hydrogen-bond donors (Lipinski definition) is 2. The lowest BCUT2D eigenvalue weighted by Gasteiger charge is -2.33. The minimum absolute atomic E-state index is 0.110. The summed E-state index contributed by atoms with van der Waals surface area (Å²) >= 11 is 0. The van der Waals surface area contributed by atoms with Crippen LogP contribution in [-0.2, 0) is 6.54 Å². The Kier molecular flexibility index (Phi) is 7.31. The third-order valence-corrected chi connectivity index (χ3v) is 5.84. The highest BCUT2D eigenvalue weighted by molar-refractivity contribution is 5.66. The number of nitriles is 1. The Morgan fingerprint density at radius 2 is 1.83 bits per heavy atom. The summed E-state index contributed by atoms with van der Waals surface area (Å²) < 4.78 is 5.82. The number of hydrogen-bond acceptors (Lipinski definition) is 4. The maximum absolute atomic E-state index is 11.2. The molecule has 0 spiro atoms. The number of carbonyl (C=O) groups is 1. The summed E-state index contributed by atoms with van der Waals surface area (Å²) in [6, 6.07) is 16.4. The second-order valence-electron chi connectivity index (χ2n) is 7.72. The van der Waals surface area contributed by atoms with Crippen molar-refractivity contribution in [2.75, 3.05) is 13.7 Å². The predicted octanol–water partition coefficient (Wildman–Crippen LogP) is 4.63. The normalized spacial score (nSPS) is 18.4. The SMILES string of the molecule is CCOc1ccc(-c2ccc(C#N)cc2)cc1CNC1CCC(N(C)C(=O)O)CC1. The van der Waals surface area contributed by atoms with Crippen LogP contribution >= 0.6 is 0 Å². The van der Waals surface area contributed by atoms with Crippen molar-refractivity contribution in [3.8, 4) is 22.9 Å². The van der Waals surface area contributed by atoms with Crippen LogP contribution in [0.5, 0.6) is 5.75 Å².